The van der Waals surface area contributed by atoms with Gasteiger partial charge in [0.2, 0.25) is 0 Å². The summed E-state index contributed by atoms with van der Waals surface area (Å²) < 4.78 is 13.5. The molecule has 9 nitrogen and oxygen atoms in total. The number of benzene rings is 1. The lowest BCUT2D eigenvalue weighted by Crippen LogP contribution is -2.62. The number of carbonyl (C=O) groups excluding carboxylic acids is 1. The molecular weight excluding hydrogens is 480 g/mol. The smallest absolute Gasteiger partial charge is 0.314 e. The highest BCUT2D eigenvalue weighted by Crippen LogP contribution is 2.36. The molecule has 1 amide bonds. The van der Waals surface area contributed by atoms with Crippen molar-refractivity contribution < 1.29 is 28.3 Å². The highest BCUT2D eigenvalue weighted by atomic mass is 32.1. The molecule has 0 radical (unpaired) electrons. The van der Waals surface area contributed by atoms with Gasteiger partial charge in [-0.1, -0.05) is 11.3 Å². The summed E-state index contributed by atoms with van der Waals surface area (Å²) in [6.07, 6.45) is 8.48. The highest BCUT2D eigenvalue weighted by molar-refractivity contribution is 7.20. The molecule has 3 aromatic heterocycles. The van der Waals surface area contributed by atoms with E-state index in [0.717, 1.165) is 66.6 Å². The van der Waals surface area contributed by atoms with Gasteiger partial charge in [0.15, 0.2) is 5.65 Å². The van der Waals surface area contributed by atoms with Crippen molar-refractivity contribution in [1.29, 1.82) is 0 Å². The lowest BCUT2D eigenvalue weighted by atomic mass is 9.94. The summed E-state index contributed by atoms with van der Waals surface area (Å²) in [4.78, 5) is 30.4. The standard InChI is InChI=1S/C25H27N4O3S.CH2O2/c30-23-5-1-2-13-29(23,18-8-11-26-12-9-18)15-17-16-31-21-14-19(6-7-20(17)21)32-25-28-24-22(33-25)4-3-10-27-24;2-1-3/h3-4,6-7,10,14,16,18,26H,1-2,5,8-9,11-13,15H2;1H,(H,2,3)/q+1;. The van der Waals surface area contributed by atoms with Crippen LogP contribution in [0.25, 0.3) is 21.3 Å². The van der Waals surface area contributed by atoms with Gasteiger partial charge in [-0.3, -0.25) is 9.28 Å². The molecule has 10 heteroatoms. The summed E-state index contributed by atoms with van der Waals surface area (Å²) in [5, 5.41) is 11.9. The van der Waals surface area contributed by atoms with Crippen LogP contribution in [-0.2, 0) is 16.1 Å². The van der Waals surface area contributed by atoms with Gasteiger partial charge < -0.3 is 19.6 Å². The van der Waals surface area contributed by atoms with Crippen molar-refractivity contribution in [1.82, 2.24) is 15.3 Å². The Morgan fingerprint density at radius 1 is 1.25 bits per heavy atom. The Labute approximate surface area is 212 Å². The van der Waals surface area contributed by atoms with Gasteiger partial charge in [-0.25, -0.2) is 9.78 Å². The molecule has 1 aromatic carbocycles. The van der Waals surface area contributed by atoms with E-state index in [1.807, 2.05) is 36.6 Å². The predicted octanol–water partition coefficient (Wildman–Crippen LogP) is 4.71. The Morgan fingerprint density at radius 3 is 2.86 bits per heavy atom. The molecule has 2 fully saturated rings. The molecule has 2 aliphatic rings. The number of furan rings is 1. The largest absolute Gasteiger partial charge is 0.483 e. The van der Waals surface area contributed by atoms with Crippen molar-refractivity contribution in [2.45, 2.75) is 44.7 Å². The van der Waals surface area contributed by atoms with E-state index in [1.165, 1.54) is 11.3 Å². The van der Waals surface area contributed by atoms with E-state index in [1.54, 1.807) is 6.20 Å². The maximum Gasteiger partial charge on any atom is 0.314 e. The van der Waals surface area contributed by atoms with Gasteiger partial charge in [-0.2, -0.15) is 4.98 Å². The third kappa shape index (κ3) is 4.84. The van der Waals surface area contributed by atoms with Crippen LogP contribution >= 0.6 is 11.3 Å². The zero-order valence-electron chi connectivity index (χ0n) is 19.9. The molecule has 2 saturated heterocycles. The Kier molecular flexibility index (Phi) is 7.26. The van der Waals surface area contributed by atoms with Crippen LogP contribution in [0.3, 0.4) is 0 Å². The Bertz CT molecular complexity index is 1330. The number of amides is 1. The zero-order valence-corrected chi connectivity index (χ0v) is 20.7. The fraction of sp³-hybridized carbons (Fsp3) is 0.385. The van der Waals surface area contributed by atoms with E-state index in [0.29, 0.717) is 46.0 Å². The van der Waals surface area contributed by atoms with Gasteiger partial charge in [-0.15, -0.1) is 0 Å². The maximum atomic E-state index is 13.3. The average Bonchev–Trinajstić information content (AvgIpc) is 3.49. The van der Waals surface area contributed by atoms with E-state index in [-0.39, 0.29) is 6.47 Å². The number of ether oxygens (including phenoxy) is 1. The number of carbonyl (C=O) groups is 2. The summed E-state index contributed by atoms with van der Waals surface area (Å²) >= 11 is 1.47. The monoisotopic (exact) mass is 509 g/mol. The average molecular weight is 510 g/mol. The van der Waals surface area contributed by atoms with Crippen molar-refractivity contribution in [2.75, 3.05) is 19.6 Å². The summed E-state index contributed by atoms with van der Waals surface area (Å²) in [6, 6.07) is 10.2. The zero-order chi connectivity index (χ0) is 25.0. The van der Waals surface area contributed by atoms with E-state index in [9.17, 15) is 4.79 Å². The van der Waals surface area contributed by atoms with E-state index in [2.05, 4.69) is 15.3 Å². The molecular formula is C26H29N4O5S+. The van der Waals surface area contributed by atoms with Crippen molar-refractivity contribution in [3.8, 4) is 10.9 Å². The van der Waals surface area contributed by atoms with Crippen LogP contribution in [-0.4, -0.2) is 57.6 Å². The molecule has 2 N–H and O–H groups in total. The molecule has 188 valence electrons. The van der Waals surface area contributed by atoms with E-state index < -0.39 is 0 Å². The first-order valence-corrected chi connectivity index (χ1v) is 13.0. The van der Waals surface area contributed by atoms with Crippen LogP contribution in [0.4, 0.5) is 0 Å². The lowest BCUT2D eigenvalue weighted by Gasteiger charge is -2.46. The number of carboxylic acid groups (broad SMARTS) is 1. The summed E-state index contributed by atoms with van der Waals surface area (Å²) in [7, 11) is 0. The number of aromatic nitrogens is 2. The minimum absolute atomic E-state index is 0.250. The second-order valence-corrected chi connectivity index (χ2v) is 10.2. The normalized spacial score (nSPS) is 20.7. The summed E-state index contributed by atoms with van der Waals surface area (Å²) in [6.45, 7) is 3.38. The number of likely N-dealkylation sites (tertiary alicyclic amines) is 1. The molecule has 4 aromatic rings. The number of fused-ring (bicyclic) bond motifs is 2. The minimum Gasteiger partial charge on any atom is -0.483 e. The number of hydrogen-bond donors (Lipinski definition) is 2. The molecule has 6 rings (SSSR count). The molecule has 2 aliphatic heterocycles. The second kappa shape index (κ2) is 10.7. The fourth-order valence-electron chi connectivity index (χ4n) is 5.45. The minimum atomic E-state index is -0.250. The predicted molar refractivity (Wildman–Crippen MR) is 136 cm³/mol. The van der Waals surface area contributed by atoms with Gasteiger partial charge in [0, 0.05) is 43.6 Å². The number of thiazole rings is 1. The molecule has 0 bridgehead atoms. The summed E-state index contributed by atoms with van der Waals surface area (Å²) in [5.74, 6) is 1.07. The van der Waals surface area contributed by atoms with Gasteiger partial charge >= 0.3 is 5.91 Å². The molecule has 0 spiro atoms. The SMILES string of the molecule is O=C1CCCC[N+]1(Cc1coc2cc(Oc3nc4ncccc4s3)ccc12)C1CCNCC1.O=CO. The third-order valence-electron chi connectivity index (χ3n) is 7.13. The molecule has 1 atom stereocenters. The van der Waals surface area contributed by atoms with Crippen molar-refractivity contribution in [3.05, 3.63) is 48.4 Å². The van der Waals surface area contributed by atoms with Crippen LogP contribution in [0.1, 0.15) is 37.7 Å². The molecule has 0 saturated carbocycles. The highest BCUT2D eigenvalue weighted by Gasteiger charge is 2.46. The maximum absolute atomic E-state index is 13.3. The first-order chi connectivity index (χ1) is 17.6. The van der Waals surface area contributed by atoms with Crippen LogP contribution in [0, 0.1) is 0 Å². The third-order valence-corrected chi connectivity index (χ3v) is 8.02. The Hall–Kier alpha value is -3.34. The number of nitrogens with zero attached hydrogens (tertiary/aromatic N) is 3. The van der Waals surface area contributed by atoms with Gasteiger partial charge in [-0.05, 0) is 37.1 Å². The quantitative estimate of drug-likeness (QED) is 0.294. The van der Waals surface area contributed by atoms with Gasteiger partial charge in [0.25, 0.3) is 11.7 Å². The number of quaternary nitrogens is 1. The molecule has 36 heavy (non-hydrogen) atoms. The summed E-state index contributed by atoms with van der Waals surface area (Å²) in [5.41, 5.74) is 2.57. The van der Waals surface area contributed by atoms with E-state index in [4.69, 9.17) is 19.1 Å². The van der Waals surface area contributed by atoms with Crippen molar-refractivity contribution in [3.63, 3.8) is 0 Å². The number of piperidine rings is 2. The van der Waals surface area contributed by atoms with Gasteiger partial charge in [0.1, 0.15) is 24.1 Å². The number of nitrogens with one attached hydrogen (secondary N) is 1. The first kappa shape index (κ1) is 24.4. The van der Waals surface area contributed by atoms with Crippen LogP contribution in [0.2, 0.25) is 0 Å². The fourth-order valence-corrected chi connectivity index (χ4v) is 6.24. The number of rotatable bonds is 5. The molecule has 0 aliphatic carbocycles. The van der Waals surface area contributed by atoms with Crippen LogP contribution < -0.4 is 10.1 Å². The number of pyridine rings is 1. The van der Waals surface area contributed by atoms with Crippen molar-refractivity contribution in [2.24, 2.45) is 0 Å². The Balaban J connectivity index is 0.000000848. The van der Waals surface area contributed by atoms with Crippen LogP contribution in [0.15, 0.2) is 47.2 Å². The first-order valence-electron chi connectivity index (χ1n) is 12.2. The topological polar surface area (TPSA) is 115 Å². The van der Waals surface area contributed by atoms with Crippen LogP contribution in [0.5, 0.6) is 10.9 Å². The van der Waals surface area contributed by atoms with Gasteiger partial charge in [0.05, 0.1) is 29.3 Å². The van der Waals surface area contributed by atoms with E-state index >= 15 is 0 Å². The second-order valence-electron chi connectivity index (χ2n) is 9.18. The number of hydrogen-bond acceptors (Lipinski definition) is 8. The Morgan fingerprint density at radius 2 is 2.08 bits per heavy atom. The lowest BCUT2D eigenvalue weighted by molar-refractivity contribution is -0.896. The molecule has 5 heterocycles. The van der Waals surface area contributed by atoms with Crippen molar-refractivity contribution >= 4 is 45.0 Å². The molecule has 1 unspecified atom stereocenters.